The Balaban J connectivity index is 2.00. The number of hydrogen-bond acceptors (Lipinski definition) is 4. The Labute approximate surface area is 199 Å². The lowest BCUT2D eigenvalue weighted by molar-refractivity contribution is -0.147. The van der Waals surface area contributed by atoms with Gasteiger partial charge in [-0.05, 0) is 83.4 Å². The van der Waals surface area contributed by atoms with Crippen molar-refractivity contribution in [2.75, 3.05) is 7.11 Å². The largest absolute Gasteiger partial charge is 0.508 e. The fraction of sp³-hybridized carbons (Fsp3) is 0.552. The Hall–Kier alpha value is -2.49. The first-order chi connectivity index (χ1) is 15.6. The van der Waals surface area contributed by atoms with Crippen LogP contribution >= 0.6 is 0 Å². The standard InChI is InChI=1S/C29H40O4/c1-18(2)9-8-10-20(5)11-12-22-15-23(30)17-24-26(28(31)32-7)25-16-21(19(3)4)13-14-29(25,6)33-27(22)24/h9,11,13-15,17,19,21,25-26,30H,8,10,12,16H2,1-7H3/b20-11+/t21?,25-,26?,29-/m1/s1. The molecule has 4 heteroatoms. The molecule has 0 fully saturated rings. The number of benzene rings is 1. The van der Waals surface area contributed by atoms with Gasteiger partial charge in [-0.1, -0.05) is 43.2 Å². The van der Waals surface area contributed by atoms with Crippen LogP contribution in [0.1, 0.15) is 77.8 Å². The van der Waals surface area contributed by atoms with Crippen LogP contribution < -0.4 is 4.74 Å². The molecule has 0 bridgehead atoms. The third kappa shape index (κ3) is 5.54. The second kappa shape index (κ2) is 10.2. The number of aromatic hydroxyl groups is 1. The van der Waals surface area contributed by atoms with Crippen molar-refractivity contribution in [1.29, 1.82) is 0 Å². The molecular formula is C29H40O4. The van der Waals surface area contributed by atoms with Crippen molar-refractivity contribution in [3.05, 3.63) is 58.7 Å². The molecule has 1 heterocycles. The van der Waals surface area contributed by atoms with Gasteiger partial charge in [0.15, 0.2) is 0 Å². The molecule has 2 aliphatic rings. The lowest BCUT2D eigenvalue weighted by Crippen LogP contribution is -2.50. The topological polar surface area (TPSA) is 55.8 Å². The Morgan fingerprint density at radius 2 is 2.00 bits per heavy atom. The predicted molar refractivity (Wildman–Crippen MR) is 134 cm³/mol. The molecule has 1 aromatic carbocycles. The molecule has 4 atom stereocenters. The van der Waals surface area contributed by atoms with Gasteiger partial charge < -0.3 is 14.6 Å². The lowest BCUT2D eigenvalue weighted by Gasteiger charge is -2.48. The first-order valence-corrected chi connectivity index (χ1v) is 12.2. The molecule has 1 N–H and O–H groups in total. The van der Waals surface area contributed by atoms with Crippen LogP contribution in [-0.4, -0.2) is 23.8 Å². The first kappa shape index (κ1) is 25.1. The summed E-state index contributed by atoms with van der Waals surface area (Å²) in [4.78, 5) is 13.1. The SMILES string of the molecule is COC(=O)C1c2cc(O)cc(C/C=C(\C)CCC=C(C)C)c2O[C@]2(C)C=CC(C(C)C)C[C@H]12. The molecule has 180 valence electrons. The van der Waals surface area contributed by atoms with E-state index in [-0.39, 0.29) is 17.6 Å². The lowest BCUT2D eigenvalue weighted by atomic mass is 9.64. The summed E-state index contributed by atoms with van der Waals surface area (Å²) >= 11 is 0. The summed E-state index contributed by atoms with van der Waals surface area (Å²) in [5.74, 6) is 0.941. The van der Waals surface area contributed by atoms with Crippen molar-refractivity contribution < 1.29 is 19.4 Å². The van der Waals surface area contributed by atoms with Crippen LogP contribution in [0.25, 0.3) is 0 Å². The average Bonchev–Trinajstić information content (AvgIpc) is 2.74. The van der Waals surface area contributed by atoms with Gasteiger partial charge in [-0.3, -0.25) is 4.79 Å². The summed E-state index contributed by atoms with van der Waals surface area (Å²) in [7, 11) is 1.44. The summed E-state index contributed by atoms with van der Waals surface area (Å²) in [5.41, 5.74) is 3.68. The Bertz CT molecular complexity index is 964. The van der Waals surface area contributed by atoms with Gasteiger partial charge in [0, 0.05) is 17.0 Å². The molecule has 0 radical (unpaired) electrons. The number of phenols is 1. The molecule has 0 saturated heterocycles. The second-order valence-electron chi connectivity index (χ2n) is 10.5. The average molecular weight is 453 g/mol. The highest BCUT2D eigenvalue weighted by molar-refractivity contribution is 5.81. The zero-order chi connectivity index (χ0) is 24.3. The van der Waals surface area contributed by atoms with Gasteiger partial charge in [0.05, 0.1) is 13.0 Å². The van der Waals surface area contributed by atoms with Crippen LogP contribution in [0.5, 0.6) is 11.5 Å². The summed E-state index contributed by atoms with van der Waals surface area (Å²) in [6.45, 7) is 12.9. The number of fused-ring (bicyclic) bond motifs is 2. The van der Waals surface area contributed by atoms with E-state index in [1.807, 2.05) is 0 Å². The predicted octanol–water partition coefficient (Wildman–Crippen LogP) is 6.88. The van der Waals surface area contributed by atoms with Gasteiger partial charge in [-0.25, -0.2) is 0 Å². The molecule has 0 spiro atoms. The second-order valence-corrected chi connectivity index (χ2v) is 10.5. The molecule has 33 heavy (non-hydrogen) atoms. The number of allylic oxidation sites excluding steroid dienone is 5. The highest BCUT2D eigenvalue weighted by Crippen LogP contribution is 2.53. The summed E-state index contributed by atoms with van der Waals surface area (Å²) in [6.07, 6.45) is 12.3. The van der Waals surface area contributed by atoms with E-state index in [1.165, 1.54) is 18.3 Å². The van der Waals surface area contributed by atoms with Crippen molar-refractivity contribution in [2.24, 2.45) is 17.8 Å². The van der Waals surface area contributed by atoms with E-state index in [1.54, 1.807) is 12.1 Å². The summed E-state index contributed by atoms with van der Waals surface area (Å²) < 4.78 is 11.9. The number of esters is 1. The van der Waals surface area contributed by atoms with Crippen LogP contribution in [0, 0.1) is 17.8 Å². The van der Waals surface area contributed by atoms with Gasteiger partial charge in [0.25, 0.3) is 0 Å². The number of carbonyl (C=O) groups excluding carboxylic acids is 1. The Kier molecular flexibility index (Phi) is 7.76. The quantitative estimate of drug-likeness (QED) is 0.362. The summed E-state index contributed by atoms with van der Waals surface area (Å²) in [6, 6.07) is 3.45. The van der Waals surface area contributed by atoms with Crippen LogP contribution in [0.4, 0.5) is 0 Å². The Morgan fingerprint density at radius 1 is 1.27 bits per heavy atom. The van der Waals surface area contributed by atoms with Gasteiger partial charge in [0.2, 0.25) is 0 Å². The molecule has 0 aromatic heterocycles. The highest BCUT2D eigenvalue weighted by Gasteiger charge is 2.51. The van der Waals surface area contributed by atoms with Crippen molar-refractivity contribution in [2.45, 2.75) is 78.7 Å². The number of hydrogen-bond donors (Lipinski definition) is 1. The zero-order valence-electron chi connectivity index (χ0n) is 21.3. The smallest absolute Gasteiger partial charge is 0.313 e. The molecule has 1 aromatic rings. The molecule has 2 unspecified atom stereocenters. The molecule has 1 aliphatic carbocycles. The summed E-state index contributed by atoms with van der Waals surface area (Å²) in [5, 5.41) is 10.6. The normalized spacial score (nSPS) is 26.3. The fourth-order valence-corrected chi connectivity index (χ4v) is 5.15. The number of carbonyl (C=O) groups is 1. The third-order valence-electron chi connectivity index (χ3n) is 7.25. The van der Waals surface area contributed by atoms with Crippen molar-refractivity contribution in [3.63, 3.8) is 0 Å². The molecular weight excluding hydrogens is 412 g/mol. The van der Waals surface area contributed by atoms with E-state index in [0.29, 0.717) is 24.0 Å². The van der Waals surface area contributed by atoms with Crippen LogP contribution in [-0.2, 0) is 16.0 Å². The molecule has 4 nitrogen and oxygen atoms in total. The maximum Gasteiger partial charge on any atom is 0.313 e. The van der Waals surface area contributed by atoms with Gasteiger partial charge in [-0.15, -0.1) is 0 Å². The number of methoxy groups -OCH3 is 1. The molecule has 3 rings (SSSR count). The van der Waals surface area contributed by atoms with E-state index < -0.39 is 11.5 Å². The minimum absolute atomic E-state index is 0.0501. The monoisotopic (exact) mass is 452 g/mol. The maximum absolute atomic E-state index is 13.1. The number of phenolic OH excluding ortho intramolecular Hbond substituents is 1. The van der Waals surface area contributed by atoms with E-state index in [2.05, 4.69) is 65.8 Å². The zero-order valence-corrected chi connectivity index (χ0v) is 21.3. The van der Waals surface area contributed by atoms with E-state index >= 15 is 0 Å². The van der Waals surface area contributed by atoms with Crippen molar-refractivity contribution in [1.82, 2.24) is 0 Å². The van der Waals surface area contributed by atoms with Crippen LogP contribution in [0.3, 0.4) is 0 Å². The molecule has 1 aliphatic heterocycles. The fourth-order valence-electron chi connectivity index (χ4n) is 5.15. The highest BCUT2D eigenvalue weighted by atomic mass is 16.5. The van der Waals surface area contributed by atoms with Crippen LogP contribution in [0.2, 0.25) is 0 Å². The minimum atomic E-state index is -0.592. The maximum atomic E-state index is 13.1. The Morgan fingerprint density at radius 3 is 2.64 bits per heavy atom. The van der Waals surface area contributed by atoms with E-state index in [4.69, 9.17) is 9.47 Å². The van der Waals surface area contributed by atoms with Gasteiger partial charge in [0.1, 0.15) is 17.1 Å². The first-order valence-electron chi connectivity index (χ1n) is 12.2. The van der Waals surface area contributed by atoms with Crippen molar-refractivity contribution in [3.8, 4) is 11.5 Å². The van der Waals surface area contributed by atoms with Crippen molar-refractivity contribution >= 4 is 5.97 Å². The van der Waals surface area contributed by atoms with E-state index in [9.17, 15) is 9.90 Å². The molecule has 0 amide bonds. The molecule has 0 saturated carbocycles. The van der Waals surface area contributed by atoms with Crippen LogP contribution in [0.15, 0.2) is 47.6 Å². The van der Waals surface area contributed by atoms with Gasteiger partial charge in [-0.2, -0.15) is 0 Å². The van der Waals surface area contributed by atoms with E-state index in [0.717, 1.165) is 30.4 Å². The number of ether oxygens (including phenoxy) is 2. The van der Waals surface area contributed by atoms with Gasteiger partial charge >= 0.3 is 5.97 Å². The minimum Gasteiger partial charge on any atom is -0.508 e. The number of rotatable bonds is 7. The third-order valence-corrected chi connectivity index (χ3v) is 7.25.